The van der Waals surface area contributed by atoms with E-state index in [1.807, 2.05) is 0 Å². The fourth-order valence-corrected chi connectivity index (χ4v) is 4.07. The fourth-order valence-electron chi connectivity index (χ4n) is 3.35. The predicted molar refractivity (Wildman–Crippen MR) is 113 cm³/mol. The lowest BCUT2D eigenvalue weighted by Gasteiger charge is -2.28. The predicted octanol–water partition coefficient (Wildman–Crippen LogP) is 1.86. The Bertz CT molecular complexity index is 857. The van der Waals surface area contributed by atoms with Crippen molar-refractivity contribution in [3.05, 3.63) is 35.9 Å². The number of hydrogen-bond acceptors (Lipinski definition) is 8. The lowest BCUT2D eigenvalue weighted by molar-refractivity contribution is -0.118. The summed E-state index contributed by atoms with van der Waals surface area (Å²) in [7, 11) is 0. The number of morpholine rings is 1. The molecule has 2 saturated heterocycles. The number of carbonyl (C=O) groups is 1. The summed E-state index contributed by atoms with van der Waals surface area (Å²) in [5, 5.41) is 2.88. The van der Waals surface area contributed by atoms with E-state index in [1.165, 1.54) is 23.9 Å². The summed E-state index contributed by atoms with van der Waals surface area (Å²) in [5.74, 6) is 1.69. The van der Waals surface area contributed by atoms with E-state index in [9.17, 15) is 9.18 Å². The first-order valence-electron chi connectivity index (χ1n) is 10.1. The molecule has 0 unspecified atom stereocenters. The first-order chi connectivity index (χ1) is 14.7. The number of hydrogen-bond donors (Lipinski definition) is 1. The molecule has 4 rings (SSSR count). The first-order valence-corrected chi connectivity index (χ1v) is 11.1. The van der Waals surface area contributed by atoms with Crippen molar-refractivity contribution in [3.63, 3.8) is 0 Å². The van der Waals surface area contributed by atoms with Gasteiger partial charge in [-0.3, -0.25) is 4.79 Å². The van der Waals surface area contributed by atoms with Crippen LogP contribution in [-0.2, 0) is 16.1 Å². The summed E-state index contributed by atoms with van der Waals surface area (Å²) in [6, 6.07) is 6.10. The second-order valence-corrected chi connectivity index (χ2v) is 8.21. The molecule has 0 aliphatic carbocycles. The minimum atomic E-state index is -0.288. The van der Waals surface area contributed by atoms with Crippen LogP contribution < -0.4 is 15.1 Å². The van der Waals surface area contributed by atoms with Gasteiger partial charge in [0.25, 0.3) is 0 Å². The SMILES string of the molecule is O=C(CSc1ccc(F)cc1)NCc1nc(N2CCCC2)nc(N2CCOCC2)n1. The Kier molecular flexibility index (Phi) is 6.96. The zero-order valence-corrected chi connectivity index (χ0v) is 17.5. The molecule has 30 heavy (non-hydrogen) atoms. The lowest BCUT2D eigenvalue weighted by atomic mass is 10.4. The second kappa shape index (κ2) is 10.0. The molecule has 2 aromatic rings. The molecule has 1 N–H and O–H groups in total. The molecule has 160 valence electrons. The van der Waals surface area contributed by atoms with Gasteiger partial charge in [-0.25, -0.2) is 4.39 Å². The largest absolute Gasteiger partial charge is 0.378 e. The molecule has 2 fully saturated rings. The molecule has 2 aliphatic rings. The van der Waals surface area contributed by atoms with Crippen molar-refractivity contribution < 1.29 is 13.9 Å². The van der Waals surface area contributed by atoms with Crippen LogP contribution in [0.4, 0.5) is 16.3 Å². The number of halogens is 1. The third kappa shape index (κ3) is 5.57. The normalized spacial score (nSPS) is 16.7. The number of anilines is 2. The monoisotopic (exact) mass is 432 g/mol. The number of amides is 1. The van der Waals surface area contributed by atoms with Crippen molar-refractivity contribution in [3.8, 4) is 0 Å². The molecular weight excluding hydrogens is 407 g/mol. The molecular formula is C20H25FN6O2S. The third-order valence-corrected chi connectivity index (χ3v) is 5.98. The van der Waals surface area contributed by atoms with Crippen LogP contribution in [0.5, 0.6) is 0 Å². The summed E-state index contributed by atoms with van der Waals surface area (Å²) in [6.07, 6.45) is 2.26. The Hall–Kier alpha value is -2.46. The minimum Gasteiger partial charge on any atom is -0.378 e. The van der Waals surface area contributed by atoms with Gasteiger partial charge in [0.05, 0.1) is 25.5 Å². The Morgan fingerprint density at radius 1 is 1.00 bits per heavy atom. The van der Waals surface area contributed by atoms with Crippen LogP contribution in [0, 0.1) is 5.82 Å². The van der Waals surface area contributed by atoms with Crippen molar-refractivity contribution in [2.75, 3.05) is 54.9 Å². The van der Waals surface area contributed by atoms with Crippen LogP contribution in [-0.4, -0.2) is 66.0 Å². The highest BCUT2D eigenvalue weighted by atomic mass is 32.2. The third-order valence-electron chi connectivity index (χ3n) is 4.97. The number of rotatable bonds is 7. The van der Waals surface area contributed by atoms with Gasteiger partial charge in [-0.2, -0.15) is 15.0 Å². The molecule has 1 aromatic carbocycles. The van der Waals surface area contributed by atoms with E-state index in [-0.39, 0.29) is 24.0 Å². The summed E-state index contributed by atoms with van der Waals surface area (Å²) in [5.41, 5.74) is 0. The molecule has 10 heteroatoms. The highest BCUT2D eigenvalue weighted by Crippen LogP contribution is 2.20. The Balaban J connectivity index is 1.39. The number of aromatic nitrogens is 3. The van der Waals surface area contributed by atoms with E-state index < -0.39 is 0 Å². The molecule has 0 atom stereocenters. The molecule has 2 aliphatic heterocycles. The van der Waals surface area contributed by atoms with E-state index in [1.54, 1.807) is 12.1 Å². The van der Waals surface area contributed by atoms with Crippen molar-refractivity contribution >= 4 is 29.6 Å². The molecule has 8 nitrogen and oxygen atoms in total. The van der Waals surface area contributed by atoms with Gasteiger partial charge in [-0.15, -0.1) is 11.8 Å². The quantitative estimate of drug-likeness (QED) is 0.664. The standard InChI is InChI=1S/C20H25FN6O2S/c21-15-3-5-16(6-4-15)30-14-18(28)22-13-17-23-19(26-7-1-2-8-26)25-20(24-17)27-9-11-29-12-10-27/h3-6H,1-2,7-14H2,(H,22,28). The van der Waals surface area contributed by atoms with Gasteiger partial charge in [0.2, 0.25) is 17.8 Å². The van der Waals surface area contributed by atoms with Crippen molar-refractivity contribution in [1.82, 2.24) is 20.3 Å². The van der Waals surface area contributed by atoms with E-state index in [0.29, 0.717) is 30.9 Å². The topological polar surface area (TPSA) is 83.5 Å². The number of nitrogens with zero attached hydrogens (tertiary/aromatic N) is 5. The number of nitrogens with one attached hydrogen (secondary N) is 1. The summed E-state index contributed by atoms with van der Waals surface area (Å²) in [6.45, 7) is 4.89. The Morgan fingerprint density at radius 3 is 2.30 bits per heavy atom. The molecule has 0 bridgehead atoms. The molecule has 1 aromatic heterocycles. The summed E-state index contributed by atoms with van der Waals surface area (Å²) >= 11 is 1.36. The average molecular weight is 433 g/mol. The maximum Gasteiger partial charge on any atom is 0.230 e. The average Bonchev–Trinajstić information content (AvgIpc) is 3.33. The van der Waals surface area contributed by atoms with Gasteiger partial charge in [-0.1, -0.05) is 0 Å². The van der Waals surface area contributed by atoms with Gasteiger partial charge >= 0.3 is 0 Å². The number of ether oxygens (including phenoxy) is 1. The molecule has 3 heterocycles. The lowest BCUT2D eigenvalue weighted by Crippen LogP contribution is -2.38. The van der Waals surface area contributed by atoms with Gasteiger partial charge in [-0.05, 0) is 37.1 Å². The zero-order valence-electron chi connectivity index (χ0n) is 16.7. The van der Waals surface area contributed by atoms with Crippen molar-refractivity contribution in [2.45, 2.75) is 24.3 Å². The van der Waals surface area contributed by atoms with Crippen LogP contribution in [0.1, 0.15) is 18.7 Å². The van der Waals surface area contributed by atoms with Gasteiger partial charge in [0, 0.05) is 31.1 Å². The van der Waals surface area contributed by atoms with Crippen molar-refractivity contribution in [2.24, 2.45) is 0 Å². The van der Waals surface area contributed by atoms with E-state index in [2.05, 4.69) is 30.1 Å². The maximum absolute atomic E-state index is 13.0. The number of carbonyl (C=O) groups excluding carboxylic acids is 1. The van der Waals surface area contributed by atoms with Gasteiger partial charge in [0.15, 0.2) is 5.82 Å². The highest BCUT2D eigenvalue weighted by Gasteiger charge is 2.21. The fraction of sp³-hybridized carbons (Fsp3) is 0.500. The molecule has 0 saturated carbocycles. The smallest absolute Gasteiger partial charge is 0.230 e. The number of thioether (sulfide) groups is 1. The molecule has 1 amide bonds. The van der Waals surface area contributed by atoms with Crippen LogP contribution >= 0.6 is 11.8 Å². The first kappa shape index (κ1) is 20.8. The van der Waals surface area contributed by atoms with Crippen LogP contribution in [0.15, 0.2) is 29.2 Å². The van der Waals surface area contributed by atoms with Crippen LogP contribution in [0.2, 0.25) is 0 Å². The summed E-state index contributed by atoms with van der Waals surface area (Å²) < 4.78 is 18.4. The van der Waals surface area contributed by atoms with Crippen LogP contribution in [0.25, 0.3) is 0 Å². The second-order valence-electron chi connectivity index (χ2n) is 7.16. The summed E-state index contributed by atoms with van der Waals surface area (Å²) in [4.78, 5) is 31.2. The Labute approximate surface area is 179 Å². The minimum absolute atomic E-state index is 0.125. The molecule has 0 radical (unpaired) electrons. The Morgan fingerprint density at radius 2 is 1.63 bits per heavy atom. The maximum atomic E-state index is 13.0. The molecule has 0 spiro atoms. The zero-order chi connectivity index (χ0) is 20.8. The van der Waals surface area contributed by atoms with Gasteiger partial charge < -0.3 is 19.9 Å². The highest BCUT2D eigenvalue weighted by molar-refractivity contribution is 8.00. The van der Waals surface area contributed by atoms with Crippen molar-refractivity contribution in [1.29, 1.82) is 0 Å². The van der Waals surface area contributed by atoms with E-state index >= 15 is 0 Å². The van der Waals surface area contributed by atoms with Gasteiger partial charge in [0.1, 0.15) is 5.82 Å². The number of benzene rings is 1. The van der Waals surface area contributed by atoms with E-state index in [4.69, 9.17) is 4.74 Å². The van der Waals surface area contributed by atoms with Crippen LogP contribution in [0.3, 0.4) is 0 Å². The van der Waals surface area contributed by atoms with E-state index in [0.717, 1.165) is 43.9 Å².